The standard InChI is InChI=1S/C28H29N3O4.ClH/c1-35-26-13-22-21(17-31(28(22)34)16-18-7-3-2-4-8-18)11-23(26)27(33)30-15-25(32)24-12-19-9-5-6-10-20(19)14-29-24;/h2-11,13,24-25,29,32H,12,14-17H2,1H3,(H,30,33);1H/t24-,25?;/m0./s1. The lowest BCUT2D eigenvalue weighted by Crippen LogP contribution is -2.49. The van der Waals surface area contributed by atoms with Crippen molar-refractivity contribution in [3.63, 3.8) is 0 Å². The van der Waals surface area contributed by atoms with Crippen molar-refractivity contribution in [2.24, 2.45) is 0 Å². The van der Waals surface area contributed by atoms with E-state index < -0.39 is 6.10 Å². The van der Waals surface area contributed by atoms with Crippen molar-refractivity contribution in [1.82, 2.24) is 15.5 Å². The van der Waals surface area contributed by atoms with Gasteiger partial charge in [0.2, 0.25) is 0 Å². The van der Waals surface area contributed by atoms with E-state index in [9.17, 15) is 14.7 Å². The predicted octanol–water partition coefficient (Wildman–Crippen LogP) is 3.08. The summed E-state index contributed by atoms with van der Waals surface area (Å²) in [5.41, 5.74) is 5.20. The van der Waals surface area contributed by atoms with Gasteiger partial charge in [-0.05, 0) is 40.8 Å². The van der Waals surface area contributed by atoms with Crippen molar-refractivity contribution >= 4 is 24.2 Å². The van der Waals surface area contributed by atoms with Gasteiger partial charge in [0.15, 0.2) is 0 Å². The first-order valence-electron chi connectivity index (χ1n) is 11.8. The van der Waals surface area contributed by atoms with Crippen molar-refractivity contribution in [1.29, 1.82) is 0 Å². The number of nitrogens with one attached hydrogen (secondary N) is 2. The van der Waals surface area contributed by atoms with E-state index in [1.54, 1.807) is 17.0 Å². The Morgan fingerprint density at radius 2 is 1.83 bits per heavy atom. The SMILES string of the molecule is COc1cc2c(cc1C(=O)NCC(O)[C@@H]1Cc3ccccc3CN1)CN(Cc1ccccc1)C2=O.Cl. The summed E-state index contributed by atoms with van der Waals surface area (Å²) >= 11 is 0. The molecule has 2 heterocycles. The molecule has 7 nitrogen and oxygen atoms in total. The van der Waals surface area contributed by atoms with Gasteiger partial charge in [-0.3, -0.25) is 9.59 Å². The summed E-state index contributed by atoms with van der Waals surface area (Å²) in [5.74, 6) is -0.0718. The molecule has 3 aromatic rings. The number of rotatable bonds is 7. The van der Waals surface area contributed by atoms with Crippen LogP contribution in [0.15, 0.2) is 66.7 Å². The summed E-state index contributed by atoms with van der Waals surface area (Å²) in [6, 6.07) is 21.2. The molecule has 3 N–H and O–H groups in total. The van der Waals surface area contributed by atoms with E-state index in [1.807, 2.05) is 42.5 Å². The second-order valence-electron chi connectivity index (χ2n) is 9.09. The Morgan fingerprint density at radius 1 is 1.11 bits per heavy atom. The molecule has 0 saturated carbocycles. The maximum Gasteiger partial charge on any atom is 0.255 e. The largest absolute Gasteiger partial charge is 0.496 e. The monoisotopic (exact) mass is 507 g/mol. The zero-order chi connectivity index (χ0) is 24.4. The molecule has 36 heavy (non-hydrogen) atoms. The number of aliphatic hydroxyl groups excluding tert-OH is 1. The maximum atomic E-state index is 13.0. The molecule has 0 bridgehead atoms. The van der Waals surface area contributed by atoms with Crippen LogP contribution in [-0.4, -0.2) is 47.6 Å². The number of aliphatic hydroxyl groups is 1. The molecule has 0 radical (unpaired) electrons. The lowest BCUT2D eigenvalue weighted by atomic mass is 9.93. The van der Waals surface area contributed by atoms with E-state index in [2.05, 4.69) is 22.8 Å². The van der Waals surface area contributed by atoms with Crippen LogP contribution in [0.25, 0.3) is 0 Å². The van der Waals surface area contributed by atoms with Crippen molar-refractivity contribution in [2.75, 3.05) is 13.7 Å². The summed E-state index contributed by atoms with van der Waals surface area (Å²) < 4.78 is 5.45. The Hall–Kier alpha value is -3.39. The number of fused-ring (bicyclic) bond motifs is 2. The van der Waals surface area contributed by atoms with Crippen molar-refractivity contribution in [3.05, 3.63) is 100 Å². The number of amides is 2. The molecule has 2 aliphatic rings. The van der Waals surface area contributed by atoms with Crippen LogP contribution in [0.2, 0.25) is 0 Å². The highest BCUT2D eigenvalue weighted by Gasteiger charge is 2.31. The van der Waals surface area contributed by atoms with E-state index >= 15 is 0 Å². The van der Waals surface area contributed by atoms with Crippen LogP contribution < -0.4 is 15.4 Å². The Balaban J connectivity index is 0.00000304. The molecule has 0 aliphatic carbocycles. The molecular weight excluding hydrogens is 478 g/mol. The third-order valence-corrected chi connectivity index (χ3v) is 6.81. The third-order valence-electron chi connectivity index (χ3n) is 6.81. The van der Waals surface area contributed by atoms with Crippen LogP contribution in [0.1, 0.15) is 43.0 Å². The van der Waals surface area contributed by atoms with Crippen LogP contribution in [0, 0.1) is 0 Å². The van der Waals surface area contributed by atoms with Crippen molar-refractivity contribution in [2.45, 2.75) is 38.2 Å². The number of ether oxygens (including phenoxy) is 1. The maximum absolute atomic E-state index is 13.0. The topological polar surface area (TPSA) is 90.9 Å². The van der Waals surface area contributed by atoms with Crippen LogP contribution in [-0.2, 0) is 26.1 Å². The van der Waals surface area contributed by atoms with E-state index in [0.29, 0.717) is 42.9 Å². The quantitative estimate of drug-likeness (QED) is 0.457. The van der Waals surface area contributed by atoms with Gasteiger partial charge >= 0.3 is 0 Å². The molecule has 0 aromatic heterocycles. The van der Waals surface area contributed by atoms with Crippen LogP contribution in [0.3, 0.4) is 0 Å². The summed E-state index contributed by atoms with van der Waals surface area (Å²) in [6.45, 7) is 1.74. The van der Waals surface area contributed by atoms with Gasteiger partial charge in [-0.15, -0.1) is 12.4 Å². The van der Waals surface area contributed by atoms with Crippen LogP contribution in [0.4, 0.5) is 0 Å². The highest BCUT2D eigenvalue weighted by molar-refractivity contribution is 6.03. The van der Waals surface area contributed by atoms with Crippen LogP contribution >= 0.6 is 12.4 Å². The minimum atomic E-state index is -0.740. The van der Waals surface area contributed by atoms with Gasteiger partial charge in [-0.2, -0.15) is 0 Å². The molecule has 0 fully saturated rings. The second-order valence-corrected chi connectivity index (χ2v) is 9.09. The number of benzene rings is 3. The average Bonchev–Trinajstić information content (AvgIpc) is 3.20. The summed E-state index contributed by atoms with van der Waals surface area (Å²) in [7, 11) is 1.48. The van der Waals surface area contributed by atoms with Gasteiger partial charge in [0.25, 0.3) is 11.8 Å². The number of methoxy groups -OCH3 is 1. The highest BCUT2D eigenvalue weighted by atomic mass is 35.5. The Bertz CT molecular complexity index is 1250. The molecule has 2 aliphatic heterocycles. The predicted molar refractivity (Wildman–Crippen MR) is 139 cm³/mol. The molecule has 0 saturated heterocycles. The number of nitrogens with zero attached hydrogens (tertiary/aromatic N) is 1. The van der Waals surface area contributed by atoms with Gasteiger partial charge < -0.3 is 25.4 Å². The zero-order valence-corrected chi connectivity index (χ0v) is 20.9. The zero-order valence-electron chi connectivity index (χ0n) is 20.1. The Labute approximate surface area is 216 Å². The fraction of sp³-hybridized carbons (Fsp3) is 0.286. The van der Waals surface area contributed by atoms with E-state index in [0.717, 1.165) is 11.1 Å². The number of carbonyl (C=O) groups excluding carboxylic acids is 2. The minimum absolute atomic E-state index is 0. The number of hydrogen-bond donors (Lipinski definition) is 3. The first-order valence-corrected chi connectivity index (χ1v) is 11.8. The molecule has 0 spiro atoms. The van der Waals surface area contributed by atoms with Gasteiger partial charge in [-0.25, -0.2) is 0 Å². The molecule has 1 unspecified atom stereocenters. The molecule has 3 aromatic carbocycles. The molecule has 188 valence electrons. The Kier molecular flexibility index (Phi) is 7.94. The molecule has 2 amide bonds. The average molecular weight is 508 g/mol. The van der Waals surface area contributed by atoms with Gasteiger partial charge in [-0.1, -0.05) is 54.6 Å². The number of halogens is 1. The minimum Gasteiger partial charge on any atom is -0.496 e. The molecule has 2 atom stereocenters. The molecular formula is C28H30ClN3O4. The first kappa shape index (κ1) is 25.7. The number of hydrogen-bond acceptors (Lipinski definition) is 5. The summed E-state index contributed by atoms with van der Waals surface area (Å²) in [6.07, 6.45) is -0.0370. The Morgan fingerprint density at radius 3 is 2.58 bits per heavy atom. The summed E-state index contributed by atoms with van der Waals surface area (Å²) in [5, 5.41) is 16.9. The van der Waals surface area contributed by atoms with Crippen molar-refractivity contribution < 1.29 is 19.4 Å². The van der Waals surface area contributed by atoms with Gasteiger partial charge in [0.1, 0.15) is 5.75 Å². The van der Waals surface area contributed by atoms with Crippen LogP contribution in [0.5, 0.6) is 5.75 Å². The first-order chi connectivity index (χ1) is 17.0. The van der Waals surface area contributed by atoms with E-state index in [4.69, 9.17) is 4.74 Å². The lowest BCUT2D eigenvalue weighted by Gasteiger charge is -2.30. The van der Waals surface area contributed by atoms with E-state index in [-0.39, 0.29) is 36.8 Å². The lowest BCUT2D eigenvalue weighted by molar-refractivity contribution is 0.0766. The fourth-order valence-corrected chi connectivity index (χ4v) is 4.87. The van der Waals surface area contributed by atoms with Gasteiger partial charge in [0, 0.05) is 37.8 Å². The second kappa shape index (κ2) is 11.1. The third kappa shape index (κ3) is 5.23. The smallest absolute Gasteiger partial charge is 0.255 e. The number of carbonyl (C=O) groups is 2. The summed E-state index contributed by atoms with van der Waals surface area (Å²) in [4.78, 5) is 27.8. The van der Waals surface area contributed by atoms with Gasteiger partial charge in [0.05, 0.1) is 18.8 Å². The fourth-order valence-electron chi connectivity index (χ4n) is 4.87. The normalized spacial score (nSPS) is 17.0. The molecule has 5 rings (SSSR count). The molecule has 8 heteroatoms. The highest BCUT2D eigenvalue weighted by Crippen LogP contribution is 2.31. The van der Waals surface area contributed by atoms with Crippen molar-refractivity contribution in [3.8, 4) is 5.75 Å². The van der Waals surface area contributed by atoms with E-state index in [1.165, 1.54) is 18.2 Å².